The van der Waals surface area contributed by atoms with Crippen molar-refractivity contribution in [2.75, 3.05) is 26.9 Å². The van der Waals surface area contributed by atoms with Crippen molar-refractivity contribution in [3.63, 3.8) is 0 Å². The number of carbonyl (C=O) groups is 1. The van der Waals surface area contributed by atoms with E-state index in [9.17, 15) is 9.90 Å². The Morgan fingerprint density at radius 1 is 1.19 bits per heavy atom. The van der Waals surface area contributed by atoms with E-state index in [-0.39, 0.29) is 25.7 Å². The predicted octanol–water partition coefficient (Wildman–Crippen LogP) is 4.24. The van der Waals surface area contributed by atoms with Crippen LogP contribution in [0.25, 0.3) is 33.1 Å². The summed E-state index contributed by atoms with van der Waals surface area (Å²) in [6, 6.07) is 13.3. The summed E-state index contributed by atoms with van der Waals surface area (Å²) in [6.45, 7) is 1.88. The zero-order valence-electron chi connectivity index (χ0n) is 17.6. The van der Waals surface area contributed by atoms with E-state index >= 15 is 0 Å². The Bertz CT molecular complexity index is 1240. The minimum atomic E-state index is -0.800. The Morgan fingerprint density at radius 2 is 2.00 bits per heavy atom. The molecule has 4 aromatic rings. The molecule has 8 nitrogen and oxygen atoms in total. The molecule has 162 valence electrons. The lowest BCUT2D eigenvalue weighted by molar-refractivity contribution is 0.103. The van der Waals surface area contributed by atoms with Crippen LogP contribution >= 0.6 is 0 Å². The number of nitrogens with one attached hydrogen (secondary N) is 1. The van der Waals surface area contributed by atoms with Gasteiger partial charge in [-0.1, -0.05) is 18.2 Å². The molecule has 0 amide bonds. The van der Waals surface area contributed by atoms with Gasteiger partial charge in [-0.15, -0.1) is 0 Å². The number of para-hydroxylation sites is 1. The third-order valence-electron chi connectivity index (χ3n) is 5.06. The lowest BCUT2D eigenvalue weighted by Crippen LogP contribution is -2.11. The van der Waals surface area contributed by atoms with Crippen molar-refractivity contribution in [2.45, 2.75) is 6.92 Å². The first kappa shape index (κ1) is 20.6. The quantitative estimate of drug-likeness (QED) is 0.431. The number of rotatable bonds is 7. The summed E-state index contributed by atoms with van der Waals surface area (Å²) in [7, 11) is 3.52. The zero-order chi connectivity index (χ0) is 22.0. The van der Waals surface area contributed by atoms with Gasteiger partial charge in [0.05, 0.1) is 42.4 Å². The zero-order valence-corrected chi connectivity index (χ0v) is 17.6. The summed E-state index contributed by atoms with van der Waals surface area (Å²) in [5.74, 6) is 1.35. The summed E-state index contributed by atoms with van der Waals surface area (Å²) in [6.07, 6.45) is -0.800. The minimum Gasteiger partial charge on any atom is -0.497 e. The van der Waals surface area contributed by atoms with Crippen LogP contribution < -0.4 is 14.2 Å². The van der Waals surface area contributed by atoms with Gasteiger partial charge < -0.3 is 33.6 Å². The molecular weight excluding hydrogens is 400 g/mol. The lowest BCUT2D eigenvalue weighted by Gasteiger charge is -2.14. The average molecular weight is 424 g/mol. The molecule has 0 spiro atoms. The van der Waals surface area contributed by atoms with Crippen LogP contribution in [0.15, 0.2) is 42.5 Å². The topological polar surface area (TPSA) is 94.9 Å². The molecule has 0 aliphatic carbocycles. The number of benzene rings is 2. The van der Waals surface area contributed by atoms with Crippen molar-refractivity contribution >= 4 is 28.1 Å². The van der Waals surface area contributed by atoms with Crippen molar-refractivity contribution in [2.24, 2.45) is 7.05 Å². The van der Waals surface area contributed by atoms with Gasteiger partial charge in [-0.05, 0) is 25.1 Å². The number of aromatic nitrogens is 2. The number of fused-ring (bicyclic) bond motifs is 3. The number of methoxy groups -OCH3 is 1. The summed E-state index contributed by atoms with van der Waals surface area (Å²) >= 11 is 0. The number of hydrogen-bond donors (Lipinski definition) is 2. The highest BCUT2D eigenvalue weighted by Gasteiger charge is 2.25. The van der Waals surface area contributed by atoms with Crippen LogP contribution in [0.4, 0.5) is 4.79 Å². The van der Waals surface area contributed by atoms with E-state index < -0.39 is 6.16 Å². The Morgan fingerprint density at radius 3 is 2.74 bits per heavy atom. The van der Waals surface area contributed by atoms with Crippen LogP contribution in [-0.4, -0.2) is 47.7 Å². The Hall–Kier alpha value is -3.65. The first-order valence-corrected chi connectivity index (χ1v) is 9.94. The van der Waals surface area contributed by atoms with Crippen molar-refractivity contribution in [3.8, 4) is 28.5 Å². The highest BCUT2D eigenvalue weighted by atomic mass is 16.7. The maximum absolute atomic E-state index is 12.1. The van der Waals surface area contributed by atoms with E-state index in [1.807, 2.05) is 41.9 Å². The largest absolute Gasteiger partial charge is 0.515 e. The maximum Gasteiger partial charge on any atom is 0.515 e. The highest BCUT2D eigenvalue weighted by molar-refractivity contribution is 6.13. The van der Waals surface area contributed by atoms with Gasteiger partial charge in [-0.2, -0.15) is 0 Å². The van der Waals surface area contributed by atoms with Gasteiger partial charge in [0.15, 0.2) is 0 Å². The molecule has 0 aliphatic heterocycles. The molecule has 4 rings (SSSR count). The van der Waals surface area contributed by atoms with E-state index in [4.69, 9.17) is 18.9 Å². The molecule has 0 fully saturated rings. The number of nitrogens with zero attached hydrogens (tertiary/aromatic N) is 1. The maximum atomic E-state index is 12.1. The van der Waals surface area contributed by atoms with E-state index in [1.54, 1.807) is 26.2 Å². The molecule has 2 aromatic carbocycles. The van der Waals surface area contributed by atoms with Crippen molar-refractivity contribution < 1.29 is 28.8 Å². The Balaban J connectivity index is 2.00. The van der Waals surface area contributed by atoms with Gasteiger partial charge in [0.25, 0.3) is 0 Å². The molecule has 2 aromatic heterocycles. The summed E-state index contributed by atoms with van der Waals surface area (Å²) < 4.78 is 23.7. The van der Waals surface area contributed by atoms with Crippen LogP contribution in [0, 0.1) is 0 Å². The van der Waals surface area contributed by atoms with Crippen LogP contribution in [0.1, 0.15) is 6.92 Å². The molecule has 2 heterocycles. The number of aromatic amines is 1. The van der Waals surface area contributed by atoms with Crippen LogP contribution in [0.2, 0.25) is 0 Å². The normalized spacial score (nSPS) is 11.1. The van der Waals surface area contributed by atoms with Gasteiger partial charge >= 0.3 is 6.16 Å². The second-order valence-corrected chi connectivity index (χ2v) is 6.85. The molecule has 0 saturated carbocycles. The molecule has 8 heteroatoms. The van der Waals surface area contributed by atoms with Gasteiger partial charge in [-0.25, -0.2) is 4.79 Å². The summed E-state index contributed by atoms with van der Waals surface area (Å²) in [5, 5.41) is 10.3. The first-order chi connectivity index (χ1) is 15.1. The predicted molar refractivity (Wildman–Crippen MR) is 117 cm³/mol. The summed E-state index contributed by atoms with van der Waals surface area (Å²) in [4.78, 5) is 15.4. The third-order valence-corrected chi connectivity index (χ3v) is 5.06. The first-order valence-electron chi connectivity index (χ1n) is 9.94. The van der Waals surface area contributed by atoms with E-state index in [1.165, 1.54) is 0 Å². The monoisotopic (exact) mass is 424 g/mol. The van der Waals surface area contributed by atoms with E-state index in [2.05, 4.69) is 4.98 Å². The number of aryl methyl sites for hydroxylation is 1. The number of hydrogen-bond acceptors (Lipinski definition) is 6. The van der Waals surface area contributed by atoms with E-state index in [0.29, 0.717) is 22.6 Å². The molecule has 0 radical (unpaired) electrons. The van der Waals surface area contributed by atoms with Crippen molar-refractivity contribution in [3.05, 3.63) is 42.5 Å². The second kappa shape index (κ2) is 8.61. The Labute approximate surface area is 178 Å². The molecule has 0 saturated heterocycles. The molecule has 0 atom stereocenters. The molecular formula is C23H24N2O6. The van der Waals surface area contributed by atoms with Crippen molar-refractivity contribution in [1.29, 1.82) is 0 Å². The third kappa shape index (κ3) is 3.66. The smallest absolute Gasteiger partial charge is 0.497 e. The average Bonchev–Trinajstić information content (AvgIpc) is 3.27. The standard InChI is InChI=1S/C23H24N2O6/c1-4-29-23(27)31-22-19(16-10-9-14(28-3)13-18(16)30-12-11-26)21-20(24-22)15-7-5-6-8-17(15)25(21)2/h5-10,13,24,26H,4,11-12H2,1-3H3. The Kier molecular flexibility index (Phi) is 5.73. The number of aliphatic hydroxyl groups excluding tert-OH is 1. The molecule has 0 bridgehead atoms. The van der Waals surface area contributed by atoms with E-state index in [0.717, 1.165) is 21.9 Å². The number of carbonyl (C=O) groups excluding carboxylic acids is 1. The lowest BCUT2D eigenvalue weighted by atomic mass is 10.1. The second-order valence-electron chi connectivity index (χ2n) is 6.85. The van der Waals surface area contributed by atoms with Gasteiger partial charge in [0.1, 0.15) is 18.1 Å². The fourth-order valence-corrected chi connectivity index (χ4v) is 3.76. The SMILES string of the molecule is CCOC(=O)Oc1[nH]c2c3ccccc3n(C)c2c1-c1ccc(OC)cc1OCCO. The fourth-order valence-electron chi connectivity index (χ4n) is 3.76. The number of H-pyrrole nitrogens is 1. The highest BCUT2D eigenvalue weighted by Crippen LogP contribution is 2.45. The minimum absolute atomic E-state index is 0.108. The van der Waals surface area contributed by atoms with Gasteiger partial charge in [-0.3, -0.25) is 0 Å². The molecule has 31 heavy (non-hydrogen) atoms. The number of aliphatic hydroxyl groups is 1. The van der Waals surface area contributed by atoms with Gasteiger partial charge in [0.2, 0.25) is 5.88 Å². The van der Waals surface area contributed by atoms with Crippen LogP contribution in [0.5, 0.6) is 17.4 Å². The van der Waals surface area contributed by atoms with Crippen molar-refractivity contribution in [1.82, 2.24) is 9.55 Å². The van der Waals surface area contributed by atoms with Crippen LogP contribution in [0.3, 0.4) is 0 Å². The van der Waals surface area contributed by atoms with Gasteiger partial charge in [0, 0.05) is 24.1 Å². The molecule has 0 unspecified atom stereocenters. The summed E-state index contributed by atoms with van der Waals surface area (Å²) in [5.41, 5.74) is 4.04. The molecule has 2 N–H and O–H groups in total. The van der Waals surface area contributed by atoms with Crippen LogP contribution in [-0.2, 0) is 11.8 Å². The number of ether oxygens (including phenoxy) is 4. The molecule has 0 aliphatic rings. The fraction of sp³-hybridized carbons (Fsp3) is 0.261.